The monoisotopic (exact) mass is 420 g/mol. The van der Waals surface area contributed by atoms with E-state index in [1.807, 2.05) is 6.20 Å². The van der Waals surface area contributed by atoms with E-state index in [0.29, 0.717) is 17.6 Å². The fourth-order valence-corrected chi connectivity index (χ4v) is 4.15. The lowest BCUT2D eigenvalue weighted by molar-refractivity contribution is -0.778. The number of amidine groups is 1. The first-order chi connectivity index (χ1) is 14.6. The van der Waals surface area contributed by atoms with Crippen LogP contribution in [0, 0.1) is 0 Å². The molecule has 0 bridgehead atoms. The van der Waals surface area contributed by atoms with Crippen molar-refractivity contribution in [2.45, 2.75) is 103 Å². The molecule has 3 N–H and O–H groups in total. The van der Waals surface area contributed by atoms with Gasteiger partial charge in [0, 0.05) is 13.0 Å². The van der Waals surface area contributed by atoms with Crippen LogP contribution < -0.4 is 5.73 Å². The van der Waals surface area contributed by atoms with Gasteiger partial charge in [-0.2, -0.15) is 0 Å². The quantitative estimate of drug-likeness (QED) is 0.141. The van der Waals surface area contributed by atoms with Gasteiger partial charge in [0.2, 0.25) is 5.84 Å². The van der Waals surface area contributed by atoms with Gasteiger partial charge in [-0.05, 0) is 25.7 Å². The highest BCUT2D eigenvalue weighted by molar-refractivity contribution is 5.81. The van der Waals surface area contributed by atoms with Gasteiger partial charge in [-0.1, -0.05) is 83.3 Å². The van der Waals surface area contributed by atoms with Gasteiger partial charge in [-0.25, -0.2) is 14.3 Å². The van der Waals surface area contributed by atoms with Gasteiger partial charge < -0.3 is 10.8 Å². The normalized spacial score (nSPS) is 18.4. The summed E-state index contributed by atoms with van der Waals surface area (Å²) in [4.78, 5) is 15.7. The van der Waals surface area contributed by atoms with Gasteiger partial charge in [0.05, 0.1) is 6.20 Å². The van der Waals surface area contributed by atoms with Gasteiger partial charge >= 0.3 is 5.97 Å². The van der Waals surface area contributed by atoms with E-state index in [2.05, 4.69) is 24.1 Å². The van der Waals surface area contributed by atoms with Crippen LogP contribution in [0.15, 0.2) is 29.5 Å². The second-order valence-corrected chi connectivity index (χ2v) is 8.63. The zero-order valence-corrected chi connectivity index (χ0v) is 19.4. The first-order valence-electron chi connectivity index (χ1n) is 12.3. The van der Waals surface area contributed by atoms with Crippen LogP contribution in [0.25, 0.3) is 0 Å². The summed E-state index contributed by atoms with van der Waals surface area (Å²) in [5.74, 6) is 0.161. The third kappa shape index (κ3) is 11.7. The second-order valence-electron chi connectivity index (χ2n) is 8.63. The molecule has 0 saturated heterocycles. The van der Waals surface area contributed by atoms with Crippen LogP contribution in [-0.4, -0.2) is 41.0 Å². The fraction of sp³-hybridized carbons (Fsp3) is 0.760. The van der Waals surface area contributed by atoms with Gasteiger partial charge in [-0.15, -0.1) is 0 Å². The van der Waals surface area contributed by atoms with E-state index < -0.39 is 5.97 Å². The average Bonchev–Trinajstić information content (AvgIpc) is 3.09. The number of unbranched alkanes of at least 4 members (excludes halogenated alkanes) is 12. The number of quaternary nitrogens is 1. The van der Waals surface area contributed by atoms with E-state index in [9.17, 15) is 9.90 Å². The molecule has 1 rings (SSSR count). The zero-order chi connectivity index (χ0) is 21.9. The summed E-state index contributed by atoms with van der Waals surface area (Å²) in [5.41, 5.74) is 5.72. The smallest absolute Gasteiger partial charge is 0.360 e. The van der Waals surface area contributed by atoms with Crippen LogP contribution in [0.4, 0.5) is 0 Å². The molecule has 1 aliphatic rings. The number of allylic oxidation sites excluding steroid dienone is 2. The van der Waals surface area contributed by atoms with E-state index in [4.69, 9.17) is 5.73 Å². The molecular weight excluding hydrogens is 374 g/mol. The molecule has 0 aromatic heterocycles. The predicted molar refractivity (Wildman–Crippen MR) is 127 cm³/mol. The molecule has 1 atom stereocenters. The second kappa shape index (κ2) is 17.2. The van der Waals surface area contributed by atoms with Crippen LogP contribution in [0.3, 0.4) is 0 Å². The molecule has 0 amide bonds. The van der Waals surface area contributed by atoms with Crippen LogP contribution >= 0.6 is 0 Å². The Bertz CT molecular complexity index is 543. The van der Waals surface area contributed by atoms with Crippen molar-refractivity contribution in [3.63, 3.8) is 0 Å². The maximum atomic E-state index is 11.3. The molecule has 172 valence electrons. The Balaban J connectivity index is 1.98. The van der Waals surface area contributed by atoms with Crippen molar-refractivity contribution in [3.05, 3.63) is 24.6 Å². The minimum atomic E-state index is -0.800. The standard InChI is InChI=1S/C25H45N3O2/c1-2-3-4-5-6-7-8-9-10-11-12-13-14-15-16-17-18-24-27-20-22-28(24,21-19-26)23-25(29)30/h5-6,20,22H,2-4,7-19,21,23,26H2,1H3/p+1/b6-5+. The highest BCUT2D eigenvalue weighted by Crippen LogP contribution is 2.21. The molecule has 0 spiro atoms. The van der Waals surface area contributed by atoms with Gasteiger partial charge in [0.15, 0.2) is 6.54 Å². The minimum absolute atomic E-state index is 0.0433. The summed E-state index contributed by atoms with van der Waals surface area (Å²) in [7, 11) is 0. The Morgan fingerprint density at radius 3 is 2.10 bits per heavy atom. The number of aliphatic carboxylic acids is 1. The number of carboxylic acids is 1. The van der Waals surface area contributed by atoms with Crippen molar-refractivity contribution >= 4 is 11.8 Å². The van der Waals surface area contributed by atoms with Crippen LogP contribution in [-0.2, 0) is 4.79 Å². The number of nitrogens with zero attached hydrogens (tertiary/aromatic N) is 2. The fourth-order valence-electron chi connectivity index (χ4n) is 4.15. The number of carbonyl (C=O) groups is 1. The summed E-state index contributed by atoms with van der Waals surface area (Å²) in [6, 6.07) is 0. The molecule has 5 nitrogen and oxygen atoms in total. The zero-order valence-electron chi connectivity index (χ0n) is 19.4. The summed E-state index contributed by atoms with van der Waals surface area (Å²) in [5, 5.41) is 9.25. The Hall–Kier alpha value is -1.46. The first-order valence-corrected chi connectivity index (χ1v) is 12.3. The minimum Gasteiger partial charge on any atom is -0.477 e. The van der Waals surface area contributed by atoms with E-state index in [1.165, 1.54) is 83.5 Å². The summed E-state index contributed by atoms with van der Waals surface area (Å²) < 4.78 is 0.306. The number of nitrogens with two attached hydrogens (primary N) is 1. The van der Waals surface area contributed by atoms with Crippen molar-refractivity contribution in [2.75, 3.05) is 19.6 Å². The number of hydrogen-bond acceptors (Lipinski definition) is 3. The molecule has 1 unspecified atom stereocenters. The number of carboxylic acid groups (broad SMARTS) is 1. The lowest BCUT2D eigenvalue weighted by Crippen LogP contribution is -2.52. The summed E-state index contributed by atoms with van der Waals surface area (Å²) >= 11 is 0. The molecule has 5 heteroatoms. The largest absolute Gasteiger partial charge is 0.477 e. The number of hydrogen-bond donors (Lipinski definition) is 2. The molecular formula is C25H46N3O2+. The maximum Gasteiger partial charge on any atom is 0.360 e. The van der Waals surface area contributed by atoms with E-state index in [0.717, 1.165) is 18.7 Å². The van der Waals surface area contributed by atoms with Gasteiger partial charge in [0.1, 0.15) is 12.7 Å². The molecule has 0 aromatic rings. The van der Waals surface area contributed by atoms with Crippen molar-refractivity contribution in [2.24, 2.45) is 10.7 Å². The number of rotatable bonds is 20. The Kier molecular flexibility index (Phi) is 15.3. The highest BCUT2D eigenvalue weighted by Gasteiger charge is 2.36. The van der Waals surface area contributed by atoms with E-state index in [1.54, 1.807) is 6.20 Å². The maximum absolute atomic E-state index is 11.3. The Morgan fingerprint density at radius 2 is 1.53 bits per heavy atom. The van der Waals surface area contributed by atoms with Crippen LogP contribution in [0.5, 0.6) is 0 Å². The molecule has 0 saturated carbocycles. The van der Waals surface area contributed by atoms with Crippen LogP contribution in [0.2, 0.25) is 0 Å². The highest BCUT2D eigenvalue weighted by atomic mass is 16.4. The third-order valence-electron chi connectivity index (χ3n) is 5.95. The molecule has 1 aliphatic heterocycles. The van der Waals surface area contributed by atoms with Crippen molar-refractivity contribution in [3.8, 4) is 0 Å². The lowest BCUT2D eigenvalue weighted by atomic mass is 10.0. The molecule has 0 aliphatic carbocycles. The number of aliphatic imine (C=N–C) groups is 1. The topological polar surface area (TPSA) is 75.7 Å². The van der Waals surface area contributed by atoms with E-state index >= 15 is 0 Å². The Morgan fingerprint density at radius 1 is 0.967 bits per heavy atom. The molecule has 30 heavy (non-hydrogen) atoms. The van der Waals surface area contributed by atoms with Crippen molar-refractivity contribution in [1.29, 1.82) is 0 Å². The summed E-state index contributed by atoms with van der Waals surface area (Å²) in [6.07, 6.45) is 27.3. The first kappa shape index (κ1) is 26.6. The SMILES string of the molecule is CCCC/C=C/CCCCCCCCCCCCC1=NC=C[N+]1(CCN)CC(=O)O. The molecule has 0 radical (unpaired) electrons. The molecule has 0 aromatic carbocycles. The average molecular weight is 421 g/mol. The molecule has 1 heterocycles. The lowest BCUT2D eigenvalue weighted by Gasteiger charge is -2.30. The van der Waals surface area contributed by atoms with Crippen molar-refractivity contribution < 1.29 is 14.4 Å². The predicted octanol–water partition coefficient (Wildman–Crippen LogP) is 6.16. The van der Waals surface area contributed by atoms with E-state index in [-0.39, 0.29) is 6.54 Å². The van der Waals surface area contributed by atoms with Crippen molar-refractivity contribution in [1.82, 2.24) is 0 Å². The van der Waals surface area contributed by atoms with Gasteiger partial charge in [-0.3, -0.25) is 0 Å². The van der Waals surface area contributed by atoms with Crippen LogP contribution in [0.1, 0.15) is 103 Å². The van der Waals surface area contributed by atoms with Gasteiger partial charge in [0.25, 0.3) is 0 Å². The third-order valence-corrected chi connectivity index (χ3v) is 5.95. The Labute approximate surface area is 184 Å². The molecule has 0 fully saturated rings. The summed E-state index contributed by atoms with van der Waals surface area (Å²) in [6.45, 7) is 3.36.